The summed E-state index contributed by atoms with van der Waals surface area (Å²) >= 11 is 0. The van der Waals surface area contributed by atoms with Crippen LogP contribution in [0, 0.1) is 5.92 Å². The van der Waals surface area contributed by atoms with Gasteiger partial charge in [-0.05, 0) is 24.3 Å². The number of aryl methyl sites for hydroxylation is 1. The van der Waals surface area contributed by atoms with Crippen LogP contribution in [0.5, 0.6) is 0 Å². The molecule has 0 atom stereocenters. The van der Waals surface area contributed by atoms with Crippen molar-refractivity contribution in [2.24, 2.45) is 5.92 Å². The van der Waals surface area contributed by atoms with E-state index in [1.807, 2.05) is 10.9 Å². The van der Waals surface area contributed by atoms with Crippen molar-refractivity contribution >= 4 is 6.29 Å². The van der Waals surface area contributed by atoms with Gasteiger partial charge in [0.15, 0.2) is 6.29 Å². The van der Waals surface area contributed by atoms with Crippen molar-refractivity contribution in [3.8, 4) is 11.3 Å². The van der Waals surface area contributed by atoms with Gasteiger partial charge in [0, 0.05) is 18.3 Å². The average Bonchev–Trinajstić information content (AvgIpc) is 2.88. The van der Waals surface area contributed by atoms with Gasteiger partial charge in [0.2, 0.25) is 0 Å². The normalized spacial score (nSPS) is 11.0. The molecule has 21 heavy (non-hydrogen) atoms. The minimum Gasteiger partial charge on any atom is -0.298 e. The number of benzene rings is 1. The Morgan fingerprint density at radius 2 is 1.95 bits per heavy atom. The lowest BCUT2D eigenvalue weighted by molar-refractivity contribution is 0.112. The van der Waals surface area contributed by atoms with Crippen LogP contribution >= 0.6 is 0 Å². The maximum absolute atomic E-state index is 11.2. The average molecular weight is 284 g/mol. The second-order valence-electron chi connectivity index (χ2n) is 5.96. The first-order chi connectivity index (χ1) is 10.1. The molecule has 0 N–H and O–H groups in total. The van der Waals surface area contributed by atoms with Crippen LogP contribution in [-0.2, 0) is 13.0 Å². The van der Waals surface area contributed by atoms with Gasteiger partial charge in [-0.15, -0.1) is 0 Å². The minimum atomic E-state index is 0.648. The molecule has 0 amide bonds. The fourth-order valence-corrected chi connectivity index (χ4v) is 2.45. The van der Waals surface area contributed by atoms with Gasteiger partial charge in [0.1, 0.15) is 5.69 Å². The van der Waals surface area contributed by atoms with Crippen molar-refractivity contribution in [3.63, 3.8) is 0 Å². The molecular formula is C18H24N2O. The molecule has 0 aliphatic rings. The molecule has 0 fully saturated rings. The molecule has 0 spiro atoms. The van der Waals surface area contributed by atoms with E-state index < -0.39 is 0 Å². The highest BCUT2D eigenvalue weighted by Crippen LogP contribution is 2.22. The van der Waals surface area contributed by atoms with E-state index in [4.69, 9.17) is 0 Å². The quantitative estimate of drug-likeness (QED) is 0.708. The molecular weight excluding hydrogens is 260 g/mol. The lowest BCUT2D eigenvalue weighted by atomic mass is 10.0. The molecule has 1 aromatic heterocycles. The van der Waals surface area contributed by atoms with Crippen LogP contribution in [0.3, 0.4) is 0 Å². The standard InChI is InChI=1S/C18H24N2O/c1-4-5-10-20-12-17(13-21)18(19-20)16-8-6-15(7-9-16)11-14(2)3/h6-9,12-14H,4-5,10-11H2,1-3H3. The van der Waals surface area contributed by atoms with Crippen molar-refractivity contribution in [1.29, 1.82) is 0 Å². The van der Waals surface area contributed by atoms with Crippen LogP contribution in [0.15, 0.2) is 30.5 Å². The van der Waals surface area contributed by atoms with Crippen molar-refractivity contribution in [3.05, 3.63) is 41.6 Å². The number of aldehydes is 1. The van der Waals surface area contributed by atoms with Gasteiger partial charge in [0.25, 0.3) is 0 Å². The number of hydrogen-bond donors (Lipinski definition) is 0. The highest BCUT2D eigenvalue weighted by atomic mass is 16.1. The molecule has 3 nitrogen and oxygen atoms in total. The Hall–Kier alpha value is -1.90. The summed E-state index contributed by atoms with van der Waals surface area (Å²) in [5.74, 6) is 0.648. The first-order valence-corrected chi connectivity index (χ1v) is 7.76. The summed E-state index contributed by atoms with van der Waals surface area (Å²) in [5, 5.41) is 4.56. The Kier molecular flexibility index (Phi) is 5.32. The molecule has 0 saturated heterocycles. The van der Waals surface area contributed by atoms with Crippen LogP contribution in [-0.4, -0.2) is 16.1 Å². The minimum absolute atomic E-state index is 0.648. The van der Waals surface area contributed by atoms with Crippen LogP contribution in [0.1, 0.15) is 49.5 Å². The monoisotopic (exact) mass is 284 g/mol. The Morgan fingerprint density at radius 1 is 1.24 bits per heavy atom. The highest BCUT2D eigenvalue weighted by molar-refractivity contribution is 5.85. The fourth-order valence-electron chi connectivity index (χ4n) is 2.45. The van der Waals surface area contributed by atoms with E-state index in [1.165, 1.54) is 5.56 Å². The topological polar surface area (TPSA) is 34.9 Å². The lowest BCUT2D eigenvalue weighted by Gasteiger charge is -2.05. The molecule has 1 heterocycles. The number of rotatable bonds is 7. The van der Waals surface area contributed by atoms with E-state index in [2.05, 4.69) is 50.1 Å². The Balaban J connectivity index is 2.23. The van der Waals surface area contributed by atoms with E-state index in [1.54, 1.807) is 0 Å². The first-order valence-electron chi connectivity index (χ1n) is 7.76. The van der Waals surface area contributed by atoms with Gasteiger partial charge >= 0.3 is 0 Å². The number of carbonyl (C=O) groups excluding carboxylic acids is 1. The van der Waals surface area contributed by atoms with Gasteiger partial charge in [0.05, 0.1) is 5.56 Å². The largest absolute Gasteiger partial charge is 0.298 e. The van der Waals surface area contributed by atoms with E-state index in [0.717, 1.165) is 43.4 Å². The van der Waals surface area contributed by atoms with Crippen LogP contribution in [0.25, 0.3) is 11.3 Å². The van der Waals surface area contributed by atoms with E-state index >= 15 is 0 Å². The summed E-state index contributed by atoms with van der Waals surface area (Å²) in [6.07, 6.45) is 6.01. The zero-order chi connectivity index (χ0) is 15.2. The molecule has 1 aromatic carbocycles. The van der Waals surface area contributed by atoms with Crippen molar-refractivity contribution in [2.45, 2.75) is 46.6 Å². The van der Waals surface area contributed by atoms with E-state index in [9.17, 15) is 4.79 Å². The summed E-state index contributed by atoms with van der Waals surface area (Å²) in [7, 11) is 0. The van der Waals surface area contributed by atoms with Crippen LogP contribution < -0.4 is 0 Å². The molecule has 3 heteroatoms. The molecule has 0 saturated carbocycles. The zero-order valence-electron chi connectivity index (χ0n) is 13.2. The first kappa shape index (κ1) is 15.5. The third-order valence-electron chi connectivity index (χ3n) is 3.53. The molecule has 0 aliphatic carbocycles. The summed E-state index contributed by atoms with van der Waals surface area (Å²) in [6, 6.07) is 8.40. The van der Waals surface area contributed by atoms with Gasteiger partial charge < -0.3 is 0 Å². The predicted octanol–water partition coefficient (Wildman–Crippen LogP) is 4.36. The van der Waals surface area contributed by atoms with Gasteiger partial charge in [-0.2, -0.15) is 5.10 Å². The molecule has 2 aromatic rings. The Morgan fingerprint density at radius 3 is 2.52 bits per heavy atom. The van der Waals surface area contributed by atoms with Crippen LogP contribution in [0.4, 0.5) is 0 Å². The molecule has 0 radical (unpaired) electrons. The van der Waals surface area contributed by atoms with Gasteiger partial charge in [-0.25, -0.2) is 0 Å². The smallest absolute Gasteiger partial charge is 0.153 e. The molecule has 0 aliphatic heterocycles. The molecule has 0 bridgehead atoms. The maximum Gasteiger partial charge on any atom is 0.153 e. The number of unbranched alkanes of at least 4 members (excludes halogenated alkanes) is 1. The van der Waals surface area contributed by atoms with Crippen LogP contribution in [0.2, 0.25) is 0 Å². The van der Waals surface area contributed by atoms with E-state index in [-0.39, 0.29) is 0 Å². The maximum atomic E-state index is 11.2. The van der Waals surface area contributed by atoms with Crippen molar-refractivity contribution < 1.29 is 4.79 Å². The predicted molar refractivity (Wildman–Crippen MR) is 86.5 cm³/mol. The summed E-state index contributed by atoms with van der Waals surface area (Å²) in [4.78, 5) is 11.2. The number of carbonyl (C=O) groups is 1. The third kappa shape index (κ3) is 4.03. The van der Waals surface area contributed by atoms with Crippen molar-refractivity contribution in [1.82, 2.24) is 9.78 Å². The number of nitrogens with zero attached hydrogens (tertiary/aromatic N) is 2. The second kappa shape index (κ2) is 7.21. The molecule has 112 valence electrons. The third-order valence-corrected chi connectivity index (χ3v) is 3.53. The van der Waals surface area contributed by atoms with Gasteiger partial charge in [-0.3, -0.25) is 9.48 Å². The molecule has 0 unspecified atom stereocenters. The van der Waals surface area contributed by atoms with E-state index in [0.29, 0.717) is 11.5 Å². The summed E-state index contributed by atoms with van der Waals surface area (Å²) in [5.41, 5.74) is 3.80. The zero-order valence-corrected chi connectivity index (χ0v) is 13.2. The Bertz CT molecular complexity index is 582. The fraction of sp³-hybridized carbons (Fsp3) is 0.444. The van der Waals surface area contributed by atoms with Gasteiger partial charge in [-0.1, -0.05) is 51.5 Å². The Labute approximate surface area is 127 Å². The SMILES string of the molecule is CCCCn1cc(C=O)c(-c2ccc(CC(C)C)cc2)n1. The number of aromatic nitrogens is 2. The lowest BCUT2D eigenvalue weighted by Crippen LogP contribution is -1.98. The summed E-state index contributed by atoms with van der Waals surface area (Å²) in [6.45, 7) is 7.45. The van der Waals surface area contributed by atoms with Crippen molar-refractivity contribution in [2.75, 3.05) is 0 Å². The second-order valence-corrected chi connectivity index (χ2v) is 5.96. The summed E-state index contributed by atoms with van der Waals surface area (Å²) < 4.78 is 1.88. The number of hydrogen-bond acceptors (Lipinski definition) is 2. The highest BCUT2D eigenvalue weighted by Gasteiger charge is 2.10. The molecule has 2 rings (SSSR count).